The van der Waals surface area contributed by atoms with Crippen molar-refractivity contribution < 1.29 is 14.3 Å². The molecule has 0 amide bonds. The van der Waals surface area contributed by atoms with E-state index < -0.39 is 5.41 Å². The summed E-state index contributed by atoms with van der Waals surface area (Å²) in [5.41, 5.74) is 1.35. The van der Waals surface area contributed by atoms with Crippen molar-refractivity contribution in [2.45, 2.75) is 61.8 Å². The van der Waals surface area contributed by atoms with Crippen LogP contribution in [-0.2, 0) is 9.53 Å². The Bertz CT molecular complexity index is 823. The number of carbonyl (C=O) groups is 2. The fourth-order valence-electron chi connectivity index (χ4n) is 5.15. The van der Waals surface area contributed by atoms with Gasteiger partial charge in [0.15, 0.2) is 5.78 Å². The van der Waals surface area contributed by atoms with Gasteiger partial charge in [0.1, 0.15) is 5.76 Å². The van der Waals surface area contributed by atoms with Crippen LogP contribution in [0.3, 0.4) is 0 Å². The largest absolute Gasteiger partial charge is 0.427 e. The number of aryl methyl sites for hydroxylation is 2. The SMILES string of the molecule is Cc1cc(C)cc(C(=O)OC2=CC(=O)C3(C)CC2(C)C(C)(C)C3(C)C)c1. The minimum absolute atomic E-state index is 0.0637. The summed E-state index contributed by atoms with van der Waals surface area (Å²) in [6, 6.07) is 5.68. The van der Waals surface area contributed by atoms with Gasteiger partial charge < -0.3 is 4.74 Å². The number of esters is 1. The molecular formula is C23H30O3. The zero-order valence-corrected chi connectivity index (χ0v) is 17.2. The van der Waals surface area contributed by atoms with Gasteiger partial charge in [0.05, 0.1) is 5.56 Å². The Morgan fingerprint density at radius 1 is 0.885 bits per heavy atom. The van der Waals surface area contributed by atoms with Gasteiger partial charge in [0, 0.05) is 16.9 Å². The summed E-state index contributed by atoms with van der Waals surface area (Å²) in [6.07, 6.45) is 2.28. The molecule has 140 valence electrons. The van der Waals surface area contributed by atoms with Crippen LogP contribution in [0.5, 0.6) is 0 Å². The van der Waals surface area contributed by atoms with E-state index in [0.29, 0.717) is 17.7 Å². The van der Waals surface area contributed by atoms with Crippen LogP contribution in [0.2, 0.25) is 0 Å². The van der Waals surface area contributed by atoms with Gasteiger partial charge in [0.25, 0.3) is 0 Å². The smallest absolute Gasteiger partial charge is 0.343 e. The quantitative estimate of drug-likeness (QED) is 0.668. The van der Waals surface area contributed by atoms with Crippen molar-refractivity contribution in [3.05, 3.63) is 46.7 Å². The van der Waals surface area contributed by atoms with Gasteiger partial charge in [-0.15, -0.1) is 0 Å². The molecule has 0 radical (unpaired) electrons. The number of ketones is 1. The predicted molar refractivity (Wildman–Crippen MR) is 103 cm³/mol. The van der Waals surface area contributed by atoms with Crippen molar-refractivity contribution in [2.75, 3.05) is 0 Å². The third-order valence-electron chi connectivity index (χ3n) is 8.04. The maximum atomic E-state index is 13.0. The molecule has 0 spiro atoms. The third kappa shape index (κ3) is 2.19. The van der Waals surface area contributed by atoms with E-state index in [2.05, 4.69) is 41.5 Å². The number of fused-ring (bicyclic) bond motifs is 2. The van der Waals surface area contributed by atoms with E-state index in [9.17, 15) is 9.59 Å². The molecule has 0 heterocycles. The summed E-state index contributed by atoms with van der Waals surface area (Å²) < 4.78 is 5.87. The molecule has 0 aliphatic heterocycles. The van der Waals surface area contributed by atoms with Crippen LogP contribution in [-0.4, -0.2) is 11.8 Å². The lowest BCUT2D eigenvalue weighted by Crippen LogP contribution is -2.43. The second-order valence-corrected chi connectivity index (χ2v) is 9.73. The molecule has 3 rings (SSSR count). The first-order valence-corrected chi connectivity index (χ1v) is 9.33. The maximum absolute atomic E-state index is 13.0. The molecule has 2 bridgehead atoms. The Balaban J connectivity index is 2.03. The number of rotatable bonds is 2. The van der Waals surface area contributed by atoms with Crippen LogP contribution in [0.15, 0.2) is 30.0 Å². The van der Waals surface area contributed by atoms with Crippen LogP contribution in [0.25, 0.3) is 0 Å². The zero-order valence-electron chi connectivity index (χ0n) is 17.2. The Hall–Kier alpha value is -1.90. The highest BCUT2D eigenvalue weighted by Crippen LogP contribution is 2.74. The number of hydrogen-bond acceptors (Lipinski definition) is 3. The second-order valence-electron chi connectivity index (χ2n) is 9.73. The van der Waals surface area contributed by atoms with Crippen molar-refractivity contribution in [1.29, 1.82) is 0 Å². The molecule has 2 aliphatic rings. The van der Waals surface area contributed by atoms with Crippen molar-refractivity contribution in [3.8, 4) is 0 Å². The number of carbonyl (C=O) groups excluding carboxylic acids is 2. The summed E-state index contributed by atoms with van der Waals surface area (Å²) in [7, 11) is 0. The fraction of sp³-hybridized carbons (Fsp3) is 0.565. The van der Waals surface area contributed by atoms with Gasteiger partial charge in [-0.2, -0.15) is 0 Å². The Kier molecular flexibility index (Phi) is 3.85. The summed E-state index contributed by atoms with van der Waals surface area (Å²) in [6.45, 7) is 16.8. The lowest BCUT2D eigenvalue weighted by molar-refractivity contribution is -0.130. The molecule has 0 saturated heterocycles. The Morgan fingerprint density at radius 2 is 1.38 bits per heavy atom. The van der Waals surface area contributed by atoms with E-state index in [1.165, 1.54) is 0 Å². The molecule has 3 nitrogen and oxygen atoms in total. The highest BCUT2D eigenvalue weighted by molar-refractivity contribution is 5.99. The number of hydrogen-bond donors (Lipinski definition) is 0. The summed E-state index contributed by atoms with van der Waals surface area (Å²) in [5.74, 6) is 0.190. The van der Waals surface area contributed by atoms with E-state index in [-0.39, 0.29) is 28.0 Å². The molecule has 1 aromatic carbocycles. The van der Waals surface area contributed by atoms with E-state index >= 15 is 0 Å². The first-order valence-electron chi connectivity index (χ1n) is 9.33. The Morgan fingerprint density at radius 3 is 1.92 bits per heavy atom. The molecule has 0 aromatic heterocycles. The molecular weight excluding hydrogens is 324 g/mol. The van der Waals surface area contributed by atoms with Crippen molar-refractivity contribution in [2.24, 2.45) is 21.7 Å². The lowest BCUT2D eigenvalue weighted by atomic mass is 9.57. The molecule has 2 aliphatic carbocycles. The second kappa shape index (κ2) is 5.31. The molecule has 2 unspecified atom stereocenters. The van der Waals surface area contributed by atoms with Gasteiger partial charge in [0.2, 0.25) is 0 Å². The van der Waals surface area contributed by atoms with Crippen LogP contribution < -0.4 is 0 Å². The predicted octanol–water partition coefficient (Wildman–Crippen LogP) is 5.40. The zero-order chi connectivity index (χ0) is 19.7. The van der Waals surface area contributed by atoms with Crippen molar-refractivity contribution in [3.63, 3.8) is 0 Å². The molecule has 1 fully saturated rings. The summed E-state index contributed by atoms with van der Waals surface area (Å²) in [5, 5.41) is 0. The fourth-order valence-corrected chi connectivity index (χ4v) is 5.15. The molecule has 0 N–H and O–H groups in total. The van der Waals surface area contributed by atoms with Crippen molar-refractivity contribution >= 4 is 11.8 Å². The van der Waals surface area contributed by atoms with Crippen LogP contribution in [0.4, 0.5) is 0 Å². The molecule has 1 aromatic rings. The van der Waals surface area contributed by atoms with E-state index in [1.807, 2.05) is 32.0 Å². The van der Waals surface area contributed by atoms with E-state index in [0.717, 1.165) is 11.1 Å². The van der Waals surface area contributed by atoms with Crippen LogP contribution in [0.1, 0.15) is 69.4 Å². The van der Waals surface area contributed by atoms with Crippen LogP contribution >= 0.6 is 0 Å². The molecule has 3 heteroatoms. The number of allylic oxidation sites excluding steroid dienone is 2. The van der Waals surface area contributed by atoms with Crippen molar-refractivity contribution in [1.82, 2.24) is 0 Å². The summed E-state index contributed by atoms with van der Waals surface area (Å²) in [4.78, 5) is 25.8. The highest BCUT2D eigenvalue weighted by atomic mass is 16.5. The Labute approximate surface area is 156 Å². The topological polar surface area (TPSA) is 43.4 Å². The van der Waals surface area contributed by atoms with Gasteiger partial charge in [-0.1, -0.05) is 58.7 Å². The van der Waals surface area contributed by atoms with Gasteiger partial charge in [-0.3, -0.25) is 4.79 Å². The normalized spacial score (nSPS) is 31.5. The van der Waals surface area contributed by atoms with E-state index in [4.69, 9.17) is 4.74 Å². The maximum Gasteiger partial charge on any atom is 0.343 e. The van der Waals surface area contributed by atoms with Gasteiger partial charge in [-0.25, -0.2) is 4.79 Å². The van der Waals surface area contributed by atoms with Gasteiger partial charge >= 0.3 is 5.97 Å². The average molecular weight is 354 g/mol. The standard InChI is InChI=1S/C23H30O3/c1-14-9-15(2)11-16(10-14)19(25)26-18-12-17(24)22(7)13-23(18,8)21(5,6)20(22,3)4/h9-12H,13H2,1-8H3. The van der Waals surface area contributed by atoms with Crippen LogP contribution in [0, 0.1) is 35.5 Å². The number of ether oxygens (including phenoxy) is 1. The highest BCUT2D eigenvalue weighted by Gasteiger charge is 2.72. The van der Waals surface area contributed by atoms with E-state index in [1.54, 1.807) is 6.08 Å². The lowest BCUT2D eigenvalue weighted by Gasteiger charge is -2.47. The molecule has 26 heavy (non-hydrogen) atoms. The summed E-state index contributed by atoms with van der Waals surface area (Å²) >= 11 is 0. The molecule has 2 atom stereocenters. The van der Waals surface area contributed by atoms with Gasteiger partial charge in [-0.05, 0) is 43.2 Å². The first-order chi connectivity index (χ1) is 11.8. The minimum atomic E-state index is -0.443. The molecule has 1 saturated carbocycles. The average Bonchev–Trinajstić information content (AvgIpc) is 2.59. The number of benzene rings is 1. The minimum Gasteiger partial charge on any atom is -0.427 e. The third-order valence-corrected chi connectivity index (χ3v) is 8.04. The first kappa shape index (κ1) is 18.9. The monoisotopic (exact) mass is 354 g/mol.